The molecule has 1 aromatic carbocycles. The fourth-order valence-electron chi connectivity index (χ4n) is 3.04. The second kappa shape index (κ2) is 7.39. The van der Waals surface area contributed by atoms with E-state index in [1.54, 1.807) is 0 Å². The fraction of sp³-hybridized carbons (Fsp3) is 0.500. The van der Waals surface area contributed by atoms with Gasteiger partial charge in [0.05, 0.1) is 5.56 Å². The van der Waals surface area contributed by atoms with Crippen LogP contribution in [-0.4, -0.2) is 16.8 Å². The molecule has 152 valence electrons. The van der Waals surface area contributed by atoms with Gasteiger partial charge in [-0.15, -0.1) is 24.5 Å². The van der Waals surface area contributed by atoms with Gasteiger partial charge in [0.15, 0.2) is 4.80 Å². The highest BCUT2D eigenvalue weighted by molar-refractivity contribution is 7.09. The maximum absolute atomic E-state index is 12.7. The Morgan fingerprint density at radius 1 is 1.25 bits per heavy atom. The van der Waals surface area contributed by atoms with Crippen LogP contribution in [0.4, 0.5) is 13.2 Å². The average Bonchev–Trinajstić information content (AvgIpc) is 3.32. The van der Waals surface area contributed by atoms with E-state index in [1.165, 1.54) is 29.5 Å². The SMILES string of the molecule is Cc1c(C(C)(C)C)sc(=NC(=O)c2ccccc2OC(F)(F)F)n1CC1CC1. The van der Waals surface area contributed by atoms with E-state index in [0.29, 0.717) is 10.7 Å². The van der Waals surface area contributed by atoms with Gasteiger partial charge in [-0.05, 0) is 43.2 Å². The molecule has 0 radical (unpaired) electrons. The molecule has 2 aromatic rings. The zero-order valence-electron chi connectivity index (χ0n) is 16.3. The highest BCUT2D eigenvalue weighted by atomic mass is 32.1. The summed E-state index contributed by atoms with van der Waals surface area (Å²) in [5.41, 5.74) is 0.727. The summed E-state index contributed by atoms with van der Waals surface area (Å²) in [7, 11) is 0. The Morgan fingerprint density at radius 3 is 2.46 bits per heavy atom. The van der Waals surface area contributed by atoms with E-state index >= 15 is 0 Å². The molecule has 8 heteroatoms. The van der Waals surface area contributed by atoms with E-state index < -0.39 is 18.0 Å². The standard InChI is InChI=1S/C20H23F3N2O2S/c1-12-16(19(2,3)4)28-18(25(12)11-13-9-10-13)24-17(26)14-7-5-6-8-15(14)27-20(21,22)23/h5-8,13H,9-11H2,1-4H3. The maximum Gasteiger partial charge on any atom is 0.573 e. The molecular formula is C20H23F3N2O2S. The van der Waals surface area contributed by atoms with Crippen LogP contribution in [0.5, 0.6) is 5.75 Å². The van der Waals surface area contributed by atoms with E-state index in [4.69, 9.17) is 0 Å². The number of aromatic nitrogens is 1. The largest absolute Gasteiger partial charge is 0.573 e. The molecule has 28 heavy (non-hydrogen) atoms. The van der Waals surface area contributed by atoms with Crippen molar-refractivity contribution >= 4 is 17.2 Å². The number of para-hydroxylation sites is 1. The molecule has 0 spiro atoms. The van der Waals surface area contributed by atoms with Gasteiger partial charge in [-0.3, -0.25) is 4.79 Å². The van der Waals surface area contributed by atoms with Crippen molar-refractivity contribution in [2.24, 2.45) is 10.9 Å². The summed E-state index contributed by atoms with van der Waals surface area (Å²) in [6, 6.07) is 5.29. The quantitative estimate of drug-likeness (QED) is 0.692. The lowest BCUT2D eigenvalue weighted by Crippen LogP contribution is -2.21. The van der Waals surface area contributed by atoms with Gasteiger partial charge in [0.25, 0.3) is 5.91 Å². The second-order valence-corrected chi connectivity index (χ2v) is 9.04. The number of halogens is 3. The lowest BCUT2D eigenvalue weighted by Gasteiger charge is -2.17. The molecule has 1 aromatic heterocycles. The van der Waals surface area contributed by atoms with Crippen molar-refractivity contribution in [2.75, 3.05) is 0 Å². The van der Waals surface area contributed by atoms with Gasteiger partial charge in [0.2, 0.25) is 0 Å². The third-order valence-corrected chi connectivity index (χ3v) is 6.12. The zero-order valence-corrected chi connectivity index (χ0v) is 17.1. The molecule has 0 saturated heterocycles. The first-order valence-electron chi connectivity index (χ1n) is 9.10. The minimum Gasteiger partial charge on any atom is -0.405 e. The van der Waals surface area contributed by atoms with Gasteiger partial charge >= 0.3 is 6.36 Å². The summed E-state index contributed by atoms with van der Waals surface area (Å²) in [5.74, 6) is -0.719. The first-order valence-corrected chi connectivity index (χ1v) is 9.92. The van der Waals surface area contributed by atoms with Crippen molar-refractivity contribution < 1.29 is 22.7 Å². The van der Waals surface area contributed by atoms with Gasteiger partial charge in [0.1, 0.15) is 5.75 Å². The van der Waals surface area contributed by atoms with Crippen LogP contribution in [0.25, 0.3) is 0 Å². The number of alkyl halides is 3. The first kappa shape index (κ1) is 20.6. The van der Waals surface area contributed by atoms with Gasteiger partial charge in [0, 0.05) is 17.1 Å². The fourth-order valence-corrected chi connectivity index (χ4v) is 4.24. The number of carbonyl (C=O) groups excluding carboxylic acids is 1. The Bertz CT molecular complexity index is 948. The van der Waals surface area contributed by atoms with Gasteiger partial charge < -0.3 is 9.30 Å². The van der Waals surface area contributed by atoms with Crippen LogP contribution < -0.4 is 9.54 Å². The molecule has 0 bridgehead atoms. The molecule has 1 amide bonds. The number of ether oxygens (including phenoxy) is 1. The number of thiazole rings is 1. The molecule has 1 heterocycles. The number of carbonyl (C=O) groups is 1. The molecule has 0 N–H and O–H groups in total. The van der Waals surface area contributed by atoms with E-state index in [1.807, 2.05) is 11.5 Å². The van der Waals surface area contributed by atoms with Crippen LogP contribution in [0.2, 0.25) is 0 Å². The molecule has 0 atom stereocenters. The van der Waals surface area contributed by atoms with Gasteiger partial charge in [-0.1, -0.05) is 32.9 Å². The average molecular weight is 412 g/mol. The third-order valence-electron chi connectivity index (χ3n) is 4.52. The van der Waals surface area contributed by atoms with Crippen molar-refractivity contribution in [1.29, 1.82) is 0 Å². The number of amides is 1. The molecule has 0 aliphatic heterocycles. The monoisotopic (exact) mass is 412 g/mol. The van der Waals surface area contributed by atoms with E-state index in [9.17, 15) is 18.0 Å². The van der Waals surface area contributed by atoms with Crippen LogP contribution in [0.15, 0.2) is 29.3 Å². The van der Waals surface area contributed by atoms with Crippen molar-refractivity contribution in [3.05, 3.63) is 45.2 Å². The highest BCUT2D eigenvalue weighted by Crippen LogP contribution is 2.34. The van der Waals surface area contributed by atoms with Gasteiger partial charge in [-0.2, -0.15) is 4.99 Å². The number of rotatable bonds is 4. The maximum atomic E-state index is 12.7. The number of nitrogens with zero attached hydrogens (tertiary/aromatic N) is 2. The predicted molar refractivity (Wildman–Crippen MR) is 101 cm³/mol. The molecule has 1 fully saturated rings. The van der Waals surface area contributed by atoms with Crippen molar-refractivity contribution in [2.45, 2.75) is 58.9 Å². The summed E-state index contributed by atoms with van der Waals surface area (Å²) in [6.45, 7) is 9.04. The Kier molecular flexibility index (Phi) is 5.44. The molecule has 3 rings (SSSR count). The number of hydrogen-bond donors (Lipinski definition) is 0. The van der Waals surface area contributed by atoms with Crippen LogP contribution in [0, 0.1) is 12.8 Å². The number of hydrogen-bond acceptors (Lipinski definition) is 3. The predicted octanol–water partition coefficient (Wildman–Crippen LogP) is 5.21. The third kappa shape index (κ3) is 4.84. The normalized spacial score (nSPS) is 15.8. The second-order valence-electron chi connectivity index (χ2n) is 8.06. The van der Waals surface area contributed by atoms with Crippen molar-refractivity contribution in [3.8, 4) is 5.75 Å². The Morgan fingerprint density at radius 2 is 1.89 bits per heavy atom. The van der Waals surface area contributed by atoms with Crippen molar-refractivity contribution in [1.82, 2.24) is 4.57 Å². The lowest BCUT2D eigenvalue weighted by molar-refractivity contribution is -0.274. The first-order chi connectivity index (χ1) is 13.0. The number of benzene rings is 1. The topological polar surface area (TPSA) is 43.6 Å². The summed E-state index contributed by atoms with van der Waals surface area (Å²) in [4.78, 5) is 18.5. The van der Waals surface area contributed by atoms with Crippen molar-refractivity contribution in [3.63, 3.8) is 0 Å². The Hall–Kier alpha value is -2.09. The molecule has 1 saturated carbocycles. The Balaban J connectivity index is 2.05. The highest BCUT2D eigenvalue weighted by Gasteiger charge is 2.33. The molecular weight excluding hydrogens is 389 g/mol. The molecule has 4 nitrogen and oxygen atoms in total. The van der Waals surface area contributed by atoms with Crippen LogP contribution >= 0.6 is 11.3 Å². The van der Waals surface area contributed by atoms with E-state index in [0.717, 1.165) is 36.0 Å². The molecule has 1 aliphatic carbocycles. The summed E-state index contributed by atoms with van der Waals surface area (Å²) < 4.78 is 44.0. The minimum atomic E-state index is -4.87. The zero-order chi connectivity index (χ0) is 20.7. The smallest absolute Gasteiger partial charge is 0.405 e. The van der Waals surface area contributed by atoms with Crippen LogP contribution in [0.3, 0.4) is 0 Å². The molecule has 0 unspecified atom stereocenters. The lowest BCUT2D eigenvalue weighted by atomic mass is 9.93. The Labute approximate surface area is 165 Å². The van der Waals surface area contributed by atoms with E-state index in [2.05, 4.69) is 30.5 Å². The van der Waals surface area contributed by atoms with Crippen LogP contribution in [0.1, 0.15) is 54.5 Å². The van der Waals surface area contributed by atoms with Crippen LogP contribution in [-0.2, 0) is 12.0 Å². The summed E-state index contributed by atoms with van der Waals surface area (Å²) in [5, 5.41) is 0. The van der Waals surface area contributed by atoms with E-state index in [-0.39, 0.29) is 11.0 Å². The summed E-state index contributed by atoms with van der Waals surface area (Å²) in [6.07, 6.45) is -2.59. The molecule has 1 aliphatic rings. The van der Waals surface area contributed by atoms with Gasteiger partial charge in [-0.25, -0.2) is 0 Å². The minimum absolute atomic E-state index is 0.117. The summed E-state index contributed by atoms with van der Waals surface area (Å²) >= 11 is 1.42.